The van der Waals surface area contributed by atoms with Crippen LogP contribution >= 0.6 is 0 Å². The maximum Gasteiger partial charge on any atom is 0.122 e. The molecule has 2 N–H and O–H groups in total. The Morgan fingerprint density at radius 3 is 2.31 bits per heavy atom. The molecular formula is C13H21NO2. The van der Waals surface area contributed by atoms with E-state index in [0.29, 0.717) is 0 Å². The summed E-state index contributed by atoms with van der Waals surface area (Å²) in [6, 6.07) is 4.18. The van der Waals surface area contributed by atoms with Crippen LogP contribution in [0.5, 0.6) is 11.5 Å². The summed E-state index contributed by atoms with van der Waals surface area (Å²) >= 11 is 0. The van der Waals surface area contributed by atoms with Crippen LogP contribution in [0.15, 0.2) is 12.1 Å². The average molecular weight is 223 g/mol. The van der Waals surface area contributed by atoms with Gasteiger partial charge in [0.2, 0.25) is 0 Å². The van der Waals surface area contributed by atoms with Crippen molar-refractivity contribution in [2.45, 2.75) is 32.7 Å². The zero-order valence-electron chi connectivity index (χ0n) is 10.5. The molecule has 90 valence electrons. The zero-order valence-corrected chi connectivity index (χ0v) is 10.5. The molecule has 0 heterocycles. The summed E-state index contributed by atoms with van der Waals surface area (Å²) in [5.41, 5.74) is 8.15. The van der Waals surface area contributed by atoms with Gasteiger partial charge in [-0.05, 0) is 43.0 Å². The standard InChI is InChI=1S/C13H21NO2/c1-5-11(14)7-10-8-12(15-3)9(2)6-13(10)16-4/h6,8,11H,5,7,14H2,1-4H3. The van der Waals surface area contributed by atoms with E-state index >= 15 is 0 Å². The first-order valence-corrected chi connectivity index (χ1v) is 5.59. The summed E-state index contributed by atoms with van der Waals surface area (Å²) in [4.78, 5) is 0. The van der Waals surface area contributed by atoms with Crippen molar-refractivity contribution in [1.29, 1.82) is 0 Å². The monoisotopic (exact) mass is 223 g/mol. The Morgan fingerprint density at radius 1 is 1.19 bits per heavy atom. The van der Waals surface area contributed by atoms with E-state index in [1.807, 2.05) is 19.1 Å². The Bertz CT molecular complexity index is 350. The van der Waals surface area contributed by atoms with Gasteiger partial charge in [-0.2, -0.15) is 0 Å². The number of hydrogen-bond donors (Lipinski definition) is 1. The van der Waals surface area contributed by atoms with Crippen LogP contribution in [0.2, 0.25) is 0 Å². The second-order valence-electron chi connectivity index (χ2n) is 4.01. The topological polar surface area (TPSA) is 44.5 Å². The highest BCUT2D eigenvalue weighted by Gasteiger charge is 2.11. The maximum atomic E-state index is 5.96. The molecule has 3 heteroatoms. The van der Waals surface area contributed by atoms with Gasteiger partial charge in [0.05, 0.1) is 14.2 Å². The third-order valence-corrected chi connectivity index (χ3v) is 2.80. The molecule has 3 nitrogen and oxygen atoms in total. The Balaban J connectivity index is 3.04. The Kier molecular flexibility index (Phi) is 4.62. The lowest BCUT2D eigenvalue weighted by atomic mass is 10.0. The van der Waals surface area contributed by atoms with Crippen LogP contribution in [0.1, 0.15) is 24.5 Å². The van der Waals surface area contributed by atoms with E-state index in [9.17, 15) is 0 Å². The van der Waals surface area contributed by atoms with E-state index in [0.717, 1.165) is 35.5 Å². The highest BCUT2D eigenvalue weighted by atomic mass is 16.5. The molecule has 0 aliphatic heterocycles. The highest BCUT2D eigenvalue weighted by molar-refractivity contribution is 5.46. The van der Waals surface area contributed by atoms with Gasteiger partial charge in [0.25, 0.3) is 0 Å². The number of methoxy groups -OCH3 is 2. The first kappa shape index (κ1) is 12.8. The fourth-order valence-corrected chi connectivity index (χ4v) is 1.70. The minimum atomic E-state index is 0.168. The van der Waals surface area contributed by atoms with Crippen molar-refractivity contribution in [3.63, 3.8) is 0 Å². The summed E-state index contributed by atoms with van der Waals surface area (Å²) in [6.45, 7) is 4.09. The van der Waals surface area contributed by atoms with Gasteiger partial charge in [-0.1, -0.05) is 6.92 Å². The zero-order chi connectivity index (χ0) is 12.1. The van der Waals surface area contributed by atoms with Gasteiger partial charge in [0.1, 0.15) is 11.5 Å². The third kappa shape index (κ3) is 2.89. The van der Waals surface area contributed by atoms with Crippen LogP contribution in [-0.2, 0) is 6.42 Å². The van der Waals surface area contributed by atoms with Gasteiger partial charge in [0, 0.05) is 6.04 Å². The number of ether oxygens (including phenoxy) is 2. The van der Waals surface area contributed by atoms with Crippen molar-refractivity contribution in [2.24, 2.45) is 5.73 Å². The molecule has 0 aromatic heterocycles. The minimum Gasteiger partial charge on any atom is -0.496 e. The fraction of sp³-hybridized carbons (Fsp3) is 0.538. The fourth-order valence-electron chi connectivity index (χ4n) is 1.70. The molecule has 1 aromatic carbocycles. The van der Waals surface area contributed by atoms with Crippen LogP contribution in [0.4, 0.5) is 0 Å². The quantitative estimate of drug-likeness (QED) is 0.833. The average Bonchev–Trinajstić information content (AvgIpc) is 2.30. The van der Waals surface area contributed by atoms with Crippen LogP contribution in [-0.4, -0.2) is 20.3 Å². The Morgan fingerprint density at radius 2 is 1.81 bits per heavy atom. The van der Waals surface area contributed by atoms with E-state index in [2.05, 4.69) is 6.92 Å². The van der Waals surface area contributed by atoms with Crippen LogP contribution < -0.4 is 15.2 Å². The summed E-state index contributed by atoms with van der Waals surface area (Å²) < 4.78 is 10.7. The number of aryl methyl sites for hydroxylation is 1. The van der Waals surface area contributed by atoms with Crippen molar-refractivity contribution < 1.29 is 9.47 Å². The van der Waals surface area contributed by atoms with E-state index in [4.69, 9.17) is 15.2 Å². The lowest BCUT2D eigenvalue weighted by Crippen LogP contribution is -2.21. The predicted octanol–water partition coefficient (Wildman–Crippen LogP) is 2.29. The normalized spacial score (nSPS) is 12.3. The van der Waals surface area contributed by atoms with Gasteiger partial charge in [-0.3, -0.25) is 0 Å². The molecule has 0 aliphatic carbocycles. The molecule has 0 amide bonds. The summed E-state index contributed by atoms with van der Waals surface area (Å²) in [5.74, 6) is 1.78. The van der Waals surface area contributed by atoms with Gasteiger partial charge in [-0.15, -0.1) is 0 Å². The number of benzene rings is 1. The predicted molar refractivity (Wildman–Crippen MR) is 66.3 cm³/mol. The molecule has 16 heavy (non-hydrogen) atoms. The van der Waals surface area contributed by atoms with Crippen molar-refractivity contribution in [3.05, 3.63) is 23.3 Å². The molecule has 0 radical (unpaired) electrons. The molecule has 0 bridgehead atoms. The molecule has 0 saturated carbocycles. The second-order valence-corrected chi connectivity index (χ2v) is 4.01. The second kappa shape index (κ2) is 5.75. The molecule has 0 fully saturated rings. The third-order valence-electron chi connectivity index (χ3n) is 2.80. The lowest BCUT2D eigenvalue weighted by Gasteiger charge is -2.15. The number of rotatable bonds is 5. The Labute approximate surface area is 97.6 Å². The first-order valence-electron chi connectivity index (χ1n) is 5.59. The number of nitrogens with two attached hydrogens (primary N) is 1. The minimum absolute atomic E-state index is 0.168. The lowest BCUT2D eigenvalue weighted by molar-refractivity contribution is 0.394. The largest absolute Gasteiger partial charge is 0.496 e. The molecule has 0 spiro atoms. The van der Waals surface area contributed by atoms with Gasteiger partial charge >= 0.3 is 0 Å². The van der Waals surface area contributed by atoms with Gasteiger partial charge in [-0.25, -0.2) is 0 Å². The van der Waals surface area contributed by atoms with Crippen molar-refractivity contribution in [1.82, 2.24) is 0 Å². The van der Waals surface area contributed by atoms with Gasteiger partial charge in [0.15, 0.2) is 0 Å². The molecule has 1 unspecified atom stereocenters. The van der Waals surface area contributed by atoms with Crippen molar-refractivity contribution in [3.8, 4) is 11.5 Å². The van der Waals surface area contributed by atoms with Crippen LogP contribution in [0.3, 0.4) is 0 Å². The molecule has 1 rings (SSSR count). The smallest absolute Gasteiger partial charge is 0.122 e. The summed E-state index contributed by atoms with van der Waals surface area (Å²) in [7, 11) is 3.36. The van der Waals surface area contributed by atoms with E-state index in [1.54, 1.807) is 14.2 Å². The first-order chi connectivity index (χ1) is 7.62. The van der Waals surface area contributed by atoms with Crippen LogP contribution in [0.25, 0.3) is 0 Å². The summed E-state index contributed by atoms with van der Waals surface area (Å²) in [6.07, 6.45) is 1.77. The van der Waals surface area contributed by atoms with Gasteiger partial charge < -0.3 is 15.2 Å². The SMILES string of the molecule is CCC(N)Cc1cc(OC)c(C)cc1OC. The summed E-state index contributed by atoms with van der Waals surface area (Å²) in [5, 5.41) is 0. The molecule has 0 aliphatic rings. The maximum absolute atomic E-state index is 5.96. The van der Waals surface area contributed by atoms with Crippen LogP contribution in [0, 0.1) is 6.92 Å². The van der Waals surface area contributed by atoms with E-state index in [1.165, 1.54) is 0 Å². The number of hydrogen-bond acceptors (Lipinski definition) is 3. The molecule has 0 saturated heterocycles. The Hall–Kier alpha value is -1.22. The van der Waals surface area contributed by atoms with E-state index < -0.39 is 0 Å². The van der Waals surface area contributed by atoms with E-state index in [-0.39, 0.29) is 6.04 Å². The molecule has 1 atom stereocenters. The molecule has 1 aromatic rings. The molecular weight excluding hydrogens is 202 g/mol. The van der Waals surface area contributed by atoms with Crippen molar-refractivity contribution >= 4 is 0 Å². The highest BCUT2D eigenvalue weighted by Crippen LogP contribution is 2.29. The van der Waals surface area contributed by atoms with Crippen molar-refractivity contribution in [2.75, 3.05) is 14.2 Å².